The summed E-state index contributed by atoms with van der Waals surface area (Å²) in [4.78, 5) is 0. The van der Waals surface area contributed by atoms with Crippen LogP contribution in [0.3, 0.4) is 0 Å². The highest BCUT2D eigenvalue weighted by Gasteiger charge is 2.10. The zero-order valence-electron chi connectivity index (χ0n) is 14.3. The van der Waals surface area contributed by atoms with Crippen molar-refractivity contribution < 1.29 is 0 Å². The van der Waals surface area contributed by atoms with Gasteiger partial charge in [0.05, 0.1) is 0 Å². The maximum atomic E-state index is 2.26. The Labute approximate surface area is 143 Å². The lowest BCUT2D eigenvalue weighted by molar-refractivity contribution is 1.16. The normalized spacial score (nSPS) is 11.2. The lowest BCUT2D eigenvalue weighted by Gasteiger charge is -2.13. The van der Waals surface area contributed by atoms with E-state index in [1.807, 2.05) is 0 Å². The Hall–Kier alpha value is -2.60. The van der Waals surface area contributed by atoms with Gasteiger partial charge in [-0.05, 0) is 56.6 Å². The second kappa shape index (κ2) is 6.13. The molecule has 4 rings (SSSR count). The molecule has 0 unspecified atom stereocenters. The van der Waals surface area contributed by atoms with Crippen LogP contribution in [0.15, 0.2) is 72.8 Å². The standard InChI is InChI=1S/C24H22/c1-3-17-9-5-13-21-19(17)11-7-15-23(21)24-16-8-12-20-18(4-2)10-6-14-22(20)24/h5-16H,3-4H2,1-2H3. The van der Waals surface area contributed by atoms with Crippen LogP contribution in [-0.2, 0) is 12.8 Å². The van der Waals surface area contributed by atoms with Gasteiger partial charge in [0.1, 0.15) is 0 Å². The summed E-state index contributed by atoms with van der Waals surface area (Å²) in [5, 5.41) is 5.46. The summed E-state index contributed by atoms with van der Waals surface area (Å²) < 4.78 is 0. The van der Waals surface area contributed by atoms with E-state index in [1.54, 1.807) is 0 Å². The molecule has 0 bridgehead atoms. The maximum Gasteiger partial charge on any atom is -0.00991 e. The molecular formula is C24H22. The first-order chi connectivity index (χ1) is 11.8. The van der Waals surface area contributed by atoms with Crippen molar-refractivity contribution >= 4 is 21.5 Å². The fourth-order valence-corrected chi connectivity index (χ4v) is 3.84. The molecule has 0 spiro atoms. The fourth-order valence-electron chi connectivity index (χ4n) is 3.84. The average Bonchev–Trinajstić information content (AvgIpc) is 2.66. The van der Waals surface area contributed by atoms with Crippen LogP contribution in [0.4, 0.5) is 0 Å². The van der Waals surface area contributed by atoms with E-state index in [9.17, 15) is 0 Å². The molecule has 0 N–H and O–H groups in total. The molecule has 0 aromatic heterocycles. The lowest BCUT2D eigenvalue weighted by atomic mass is 9.91. The summed E-state index contributed by atoms with van der Waals surface area (Å²) in [5.41, 5.74) is 5.51. The topological polar surface area (TPSA) is 0 Å². The van der Waals surface area contributed by atoms with E-state index in [0.29, 0.717) is 0 Å². The number of fused-ring (bicyclic) bond motifs is 2. The fraction of sp³-hybridized carbons (Fsp3) is 0.167. The molecule has 4 aromatic rings. The second-order valence-electron chi connectivity index (χ2n) is 6.34. The predicted molar refractivity (Wildman–Crippen MR) is 106 cm³/mol. The highest BCUT2D eigenvalue weighted by molar-refractivity contribution is 6.06. The molecular weight excluding hydrogens is 288 g/mol. The Morgan fingerprint density at radius 3 is 1.25 bits per heavy atom. The number of rotatable bonds is 3. The van der Waals surface area contributed by atoms with Crippen LogP contribution in [0.2, 0.25) is 0 Å². The van der Waals surface area contributed by atoms with Crippen molar-refractivity contribution in [1.29, 1.82) is 0 Å². The van der Waals surface area contributed by atoms with Crippen molar-refractivity contribution in [2.75, 3.05) is 0 Å². The van der Waals surface area contributed by atoms with Gasteiger partial charge in [0, 0.05) is 0 Å². The van der Waals surface area contributed by atoms with E-state index < -0.39 is 0 Å². The zero-order chi connectivity index (χ0) is 16.5. The van der Waals surface area contributed by atoms with E-state index in [-0.39, 0.29) is 0 Å². The molecule has 118 valence electrons. The number of hydrogen-bond acceptors (Lipinski definition) is 0. The van der Waals surface area contributed by atoms with Gasteiger partial charge in [-0.25, -0.2) is 0 Å². The summed E-state index contributed by atoms with van der Waals surface area (Å²) in [5.74, 6) is 0. The van der Waals surface area contributed by atoms with Crippen molar-refractivity contribution in [3.05, 3.63) is 83.9 Å². The summed E-state index contributed by atoms with van der Waals surface area (Å²) in [7, 11) is 0. The van der Waals surface area contributed by atoms with Gasteiger partial charge in [-0.15, -0.1) is 0 Å². The zero-order valence-corrected chi connectivity index (χ0v) is 14.3. The van der Waals surface area contributed by atoms with Gasteiger partial charge < -0.3 is 0 Å². The molecule has 4 aromatic carbocycles. The van der Waals surface area contributed by atoms with E-state index in [2.05, 4.69) is 86.6 Å². The summed E-state index contributed by atoms with van der Waals surface area (Å²) in [6.07, 6.45) is 2.13. The molecule has 24 heavy (non-hydrogen) atoms. The molecule has 0 fully saturated rings. The Morgan fingerprint density at radius 2 is 0.833 bits per heavy atom. The first-order valence-corrected chi connectivity index (χ1v) is 8.85. The Kier molecular flexibility index (Phi) is 3.82. The van der Waals surface area contributed by atoms with Gasteiger partial charge >= 0.3 is 0 Å². The van der Waals surface area contributed by atoms with Gasteiger partial charge in [-0.1, -0.05) is 86.6 Å². The summed E-state index contributed by atoms with van der Waals surface area (Å²) in [6.45, 7) is 4.46. The van der Waals surface area contributed by atoms with Crippen LogP contribution < -0.4 is 0 Å². The van der Waals surface area contributed by atoms with Crippen molar-refractivity contribution in [3.8, 4) is 11.1 Å². The Balaban J connectivity index is 2.07. The highest BCUT2D eigenvalue weighted by atomic mass is 14.1. The summed E-state index contributed by atoms with van der Waals surface area (Å²) >= 11 is 0. The predicted octanol–water partition coefficient (Wildman–Crippen LogP) is 6.78. The first kappa shape index (κ1) is 15.0. The van der Waals surface area contributed by atoms with Crippen molar-refractivity contribution in [3.63, 3.8) is 0 Å². The third kappa shape index (κ3) is 2.30. The molecule has 0 amide bonds. The molecule has 0 saturated heterocycles. The molecule has 0 nitrogen and oxygen atoms in total. The molecule has 0 aliphatic rings. The Bertz CT molecular complexity index is 939. The van der Waals surface area contributed by atoms with E-state index in [4.69, 9.17) is 0 Å². The number of hydrogen-bond donors (Lipinski definition) is 0. The van der Waals surface area contributed by atoms with Crippen LogP contribution in [0.25, 0.3) is 32.7 Å². The highest BCUT2D eigenvalue weighted by Crippen LogP contribution is 2.35. The molecule has 0 radical (unpaired) electrons. The van der Waals surface area contributed by atoms with Crippen LogP contribution in [0.1, 0.15) is 25.0 Å². The molecule has 0 atom stereocenters. The summed E-state index contributed by atoms with van der Waals surface area (Å²) in [6, 6.07) is 26.8. The molecule has 0 heterocycles. The van der Waals surface area contributed by atoms with Gasteiger partial charge in [0.25, 0.3) is 0 Å². The third-order valence-corrected chi connectivity index (χ3v) is 5.08. The van der Waals surface area contributed by atoms with Crippen LogP contribution in [0, 0.1) is 0 Å². The average molecular weight is 310 g/mol. The second-order valence-corrected chi connectivity index (χ2v) is 6.34. The van der Waals surface area contributed by atoms with E-state index in [0.717, 1.165) is 12.8 Å². The van der Waals surface area contributed by atoms with Crippen molar-refractivity contribution in [1.82, 2.24) is 0 Å². The SMILES string of the molecule is CCc1cccc2c(-c3cccc4c(CC)cccc34)cccc12. The van der Waals surface area contributed by atoms with E-state index in [1.165, 1.54) is 43.8 Å². The lowest BCUT2D eigenvalue weighted by Crippen LogP contribution is -1.89. The molecule has 0 saturated carbocycles. The van der Waals surface area contributed by atoms with Gasteiger partial charge in [0.15, 0.2) is 0 Å². The van der Waals surface area contributed by atoms with E-state index >= 15 is 0 Å². The molecule has 0 aliphatic heterocycles. The molecule has 0 heteroatoms. The first-order valence-electron chi connectivity index (χ1n) is 8.85. The van der Waals surface area contributed by atoms with Gasteiger partial charge in [-0.3, -0.25) is 0 Å². The van der Waals surface area contributed by atoms with Gasteiger partial charge in [0.2, 0.25) is 0 Å². The smallest absolute Gasteiger partial charge is 0.00991 e. The minimum Gasteiger partial charge on any atom is -0.0613 e. The van der Waals surface area contributed by atoms with Crippen molar-refractivity contribution in [2.24, 2.45) is 0 Å². The largest absolute Gasteiger partial charge is 0.0613 e. The van der Waals surface area contributed by atoms with Crippen LogP contribution in [-0.4, -0.2) is 0 Å². The monoisotopic (exact) mass is 310 g/mol. The molecule has 0 aliphatic carbocycles. The minimum absolute atomic E-state index is 1.07. The minimum atomic E-state index is 1.07. The van der Waals surface area contributed by atoms with Crippen molar-refractivity contribution in [2.45, 2.75) is 26.7 Å². The van der Waals surface area contributed by atoms with Crippen LogP contribution >= 0.6 is 0 Å². The number of aryl methyl sites for hydroxylation is 2. The van der Waals surface area contributed by atoms with Crippen LogP contribution in [0.5, 0.6) is 0 Å². The quantitative estimate of drug-likeness (QED) is 0.391. The maximum absolute atomic E-state index is 2.26. The third-order valence-electron chi connectivity index (χ3n) is 5.08. The van der Waals surface area contributed by atoms with Gasteiger partial charge in [-0.2, -0.15) is 0 Å². The number of benzene rings is 4. The Morgan fingerprint density at radius 1 is 0.458 bits per heavy atom.